The van der Waals surface area contributed by atoms with Crippen molar-refractivity contribution in [3.8, 4) is 11.3 Å². The molecule has 0 atom stereocenters. The first-order chi connectivity index (χ1) is 14.2. The minimum atomic E-state index is -0.147. The molecule has 4 rings (SSSR count). The van der Waals surface area contributed by atoms with Gasteiger partial charge in [0.1, 0.15) is 17.2 Å². The predicted molar refractivity (Wildman–Crippen MR) is 123 cm³/mol. The summed E-state index contributed by atoms with van der Waals surface area (Å²) in [6.45, 7) is 10.6. The molecular weight excluding hydrogens is 370 g/mol. The molecular formula is C26H27N3O. The number of carbonyl (C=O) groups excluding carboxylic acids is 1. The number of anilines is 1. The van der Waals surface area contributed by atoms with Gasteiger partial charge in [-0.05, 0) is 54.7 Å². The monoisotopic (exact) mass is 397 g/mol. The van der Waals surface area contributed by atoms with Gasteiger partial charge in [0.2, 0.25) is 0 Å². The number of rotatable bonds is 3. The van der Waals surface area contributed by atoms with Gasteiger partial charge in [-0.15, -0.1) is 0 Å². The van der Waals surface area contributed by atoms with Crippen LogP contribution in [0.4, 0.5) is 5.82 Å². The number of hydrogen-bond acceptors (Lipinski definition) is 2. The van der Waals surface area contributed by atoms with Crippen LogP contribution in [-0.2, 0) is 5.41 Å². The molecule has 2 aromatic heterocycles. The van der Waals surface area contributed by atoms with E-state index in [0.717, 1.165) is 22.5 Å². The number of nitrogens with one attached hydrogen (secondary N) is 1. The van der Waals surface area contributed by atoms with Crippen molar-refractivity contribution >= 4 is 17.4 Å². The highest BCUT2D eigenvalue weighted by atomic mass is 16.1. The van der Waals surface area contributed by atoms with Gasteiger partial charge in [0, 0.05) is 17.3 Å². The number of amides is 1. The predicted octanol–water partition coefficient (Wildman–Crippen LogP) is 6.17. The van der Waals surface area contributed by atoms with Crippen LogP contribution in [-0.4, -0.2) is 15.3 Å². The Kier molecular flexibility index (Phi) is 4.94. The third kappa shape index (κ3) is 3.86. The second-order valence-corrected chi connectivity index (χ2v) is 8.89. The van der Waals surface area contributed by atoms with Gasteiger partial charge in [-0.2, -0.15) is 0 Å². The summed E-state index contributed by atoms with van der Waals surface area (Å²) < 4.78 is 1.93. The molecule has 2 aromatic carbocycles. The summed E-state index contributed by atoms with van der Waals surface area (Å²) in [5, 5.41) is 3.10. The lowest BCUT2D eigenvalue weighted by Crippen LogP contribution is -2.15. The Morgan fingerprint density at radius 2 is 1.57 bits per heavy atom. The Balaban J connectivity index is 1.75. The number of nitrogens with zero attached hydrogens (tertiary/aromatic N) is 2. The van der Waals surface area contributed by atoms with Crippen LogP contribution in [0.1, 0.15) is 47.8 Å². The second-order valence-electron chi connectivity index (χ2n) is 8.89. The van der Waals surface area contributed by atoms with E-state index in [0.29, 0.717) is 11.4 Å². The van der Waals surface area contributed by atoms with E-state index >= 15 is 0 Å². The number of hydrogen-bond donors (Lipinski definition) is 1. The summed E-state index contributed by atoms with van der Waals surface area (Å²) in [5.74, 6) is 0.532. The van der Waals surface area contributed by atoms with Crippen LogP contribution in [0.15, 0.2) is 66.9 Å². The highest BCUT2D eigenvalue weighted by Gasteiger charge is 2.19. The number of imidazole rings is 1. The van der Waals surface area contributed by atoms with Crippen LogP contribution in [0.5, 0.6) is 0 Å². The molecule has 4 heteroatoms. The van der Waals surface area contributed by atoms with Gasteiger partial charge >= 0.3 is 0 Å². The van der Waals surface area contributed by atoms with Crippen molar-refractivity contribution < 1.29 is 4.79 Å². The summed E-state index contributed by atoms with van der Waals surface area (Å²) >= 11 is 0. The van der Waals surface area contributed by atoms with E-state index in [9.17, 15) is 4.79 Å². The molecule has 1 N–H and O–H groups in total. The summed E-state index contributed by atoms with van der Waals surface area (Å²) in [7, 11) is 0. The molecule has 152 valence electrons. The Morgan fingerprint density at radius 3 is 2.20 bits per heavy atom. The molecule has 0 aliphatic rings. The Bertz CT molecular complexity index is 1210. The van der Waals surface area contributed by atoms with E-state index in [2.05, 4.69) is 45.1 Å². The minimum absolute atomic E-state index is 0.0487. The van der Waals surface area contributed by atoms with Crippen molar-refractivity contribution in [3.63, 3.8) is 0 Å². The molecule has 30 heavy (non-hydrogen) atoms. The van der Waals surface area contributed by atoms with Crippen LogP contribution in [0.2, 0.25) is 0 Å². The largest absolute Gasteiger partial charge is 0.306 e. The van der Waals surface area contributed by atoms with Gasteiger partial charge < -0.3 is 5.32 Å². The minimum Gasteiger partial charge on any atom is -0.306 e. The van der Waals surface area contributed by atoms with Crippen LogP contribution in [0, 0.1) is 13.8 Å². The molecule has 2 heterocycles. The first-order valence-electron chi connectivity index (χ1n) is 10.2. The van der Waals surface area contributed by atoms with Crippen LogP contribution in [0.25, 0.3) is 16.9 Å². The molecule has 0 radical (unpaired) electrons. The van der Waals surface area contributed by atoms with Gasteiger partial charge in [-0.25, -0.2) is 4.98 Å². The molecule has 0 spiro atoms. The molecule has 0 saturated heterocycles. The summed E-state index contributed by atoms with van der Waals surface area (Å²) in [5.41, 5.74) is 6.73. The lowest BCUT2D eigenvalue weighted by Gasteiger charge is -2.19. The van der Waals surface area contributed by atoms with Crippen LogP contribution >= 0.6 is 0 Å². The number of aromatic nitrogens is 2. The third-order valence-corrected chi connectivity index (χ3v) is 5.35. The lowest BCUT2D eigenvalue weighted by molar-refractivity contribution is 0.102. The number of aryl methyl sites for hydroxylation is 2. The van der Waals surface area contributed by atoms with Gasteiger partial charge in [0.15, 0.2) is 0 Å². The molecule has 0 unspecified atom stereocenters. The maximum Gasteiger partial charge on any atom is 0.256 e. The number of benzene rings is 2. The maximum atomic E-state index is 13.1. The highest BCUT2D eigenvalue weighted by molar-refractivity contribution is 6.05. The fourth-order valence-corrected chi connectivity index (χ4v) is 3.48. The highest BCUT2D eigenvalue weighted by Crippen LogP contribution is 2.30. The van der Waals surface area contributed by atoms with E-state index in [-0.39, 0.29) is 11.3 Å². The molecule has 1 amide bonds. The number of pyridine rings is 1. The first kappa shape index (κ1) is 19.9. The maximum absolute atomic E-state index is 13.1. The van der Waals surface area contributed by atoms with Crippen LogP contribution < -0.4 is 5.32 Å². The summed E-state index contributed by atoms with van der Waals surface area (Å²) in [4.78, 5) is 17.9. The third-order valence-electron chi connectivity index (χ3n) is 5.35. The average Bonchev–Trinajstić information content (AvgIpc) is 3.05. The summed E-state index contributed by atoms with van der Waals surface area (Å²) in [6.07, 6.45) is 1.95. The molecule has 0 bridgehead atoms. The number of carbonyl (C=O) groups is 1. The molecule has 0 aliphatic heterocycles. The zero-order chi connectivity index (χ0) is 21.5. The van der Waals surface area contributed by atoms with Gasteiger partial charge in [0.25, 0.3) is 5.91 Å². The zero-order valence-corrected chi connectivity index (χ0v) is 18.2. The lowest BCUT2D eigenvalue weighted by atomic mass is 9.87. The topological polar surface area (TPSA) is 46.4 Å². The van der Waals surface area contributed by atoms with E-state index in [1.807, 2.05) is 66.1 Å². The molecule has 4 nitrogen and oxygen atoms in total. The molecule has 0 saturated carbocycles. The molecule has 0 aliphatic carbocycles. The Labute approximate surface area is 177 Å². The standard InChI is InChI=1S/C26H27N3O/c1-17-6-8-19(9-7-17)23-24(29-15-14-18(2)16-22(29)27-23)28-25(30)20-10-12-21(13-11-20)26(3,4)5/h6-16H,1-5H3,(H,28,30). The second kappa shape index (κ2) is 7.45. The smallest absolute Gasteiger partial charge is 0.256 e. The Hall–Kier alpha value is -3.40. The van der Waals surface area contributed by atoms with Crippen molar-refractivity contribution in [2.45, 2.75) is 40.0 Å². The van der Waals surface area contributed by atoms with Crippen molar-refractivity contribution in [2.24, 2.45) is 0 Å². The average molecular weight is 398 g/mol. The SMILES string of the molecule is Cc1ccc(-c2nc3cc(C)ccn3c2NC(=O)c2ccc(C(C)(C)C)cc2)cc1. The zero-order valence-electron chi connectivity index (χ0n) is 18.2. The van der Waals surface area contributed by atoms with Crippen LogP contribution in [0.3, 0.4) is 0 Å². The molecule has 0 fully saturated rings. The fraction of sp³-hybridized carbons (Fsp3) is 0.231. The van der Waals surface area contributed by atoms with Gasteiger partial charge in [0.05, 0.1) is 0 Å². The molecule has 4 aromatic rings. The van der Waals surface area contributed by atoms with Crippen molar-refractivity contribution in [1.29, 1.82) is 0 Å². The van der Waals surface area contributed by atoms with E-state index in [1.165, 1.54) is 11.1 Å². The fourth-order valence-electron chi connectivity index (χ4n) is 3.48. The Morgan fingerprint density at radius 1 is 0.900 bits per heavy atom. The quantitative estimate of drug-likeness (QED) is 0.449. The normalized spacial score (nSPS) is 11.6. The van der Waals surface area contributed by atoms with Gasteiger partial charge in [-0.3, -0.25) is 9.20 Å². The van der Waals surface area contributed by atoms with E-state index in [1.54, 1.807) is 0 Å². The van der Waals surface area contributed by atoms with Crippen molar-refractivity contribution in [3.05, 3.63) is 89.1 Å². The number of fused-ring (bicyclic) bond motifs is 1. The summed E-state index contributed by atoms with van der Waals surface area (Å²) in [6, 6.07) is 20.0. The first-order valence-corrected chi connectivity index (χ1v) is 10.2. The van der Waals surface area contributed by atoms with E-state index in [4.69, 9.17) is 4.98 Å². The van der Waals surface area contributed by atoms with Gasteiger partial charge in [-0.1, -0.05) is 62.7 Å². The van der Waals surface area contributed by atoms with Crippen molar-refractivity contribution in [1.82, 2.24) is 9.38 Å². The van der Waals surface area contributed by atoms with Crippen molar-refractivity contribution in [2.75, 3.05) is 5.32 Å². The van der Waals surface area contributed by atoms with E-state index < -0.39 is 0 Å².